The lowest BCUT2D eigenvalue weighted by atomic mass is 9.94. The van der Waals surface area contributed by atoms with Crippen LogP contribution in [0.5, 0.6) is 5.75 Å². The molecule has 1 saturated heterocycles. The van der Waals surface area contributed by atoms with Gasteiger partial charge in [0.2, 0.25) is 5.91 Å². The van der Waals surface area contributed by atoms with Crippen LogP contribution >= 0.6 is 0 Å². The Bertz CT molecular complexity index is 444. The molecule has 4 heteroatoms. The van der Waals surface area contributed by atoms with Crippen molar-refractivity contribution in [3.05, 3.63) is 29.8 Å². The topological polar surface area (TPSA) is 66.6 Å². The molecule has 0 aliphatic carbocycles. The predicted molar refractivity (Wildman–Crippen MR) is 79.4 cm³/mol. The number of piperidine rings is 1. The number of rotatable bonds is 4. The number of nitrogens with zero attached hydrogens (tertiary/aromatic N) is 1. The van der Waals surface area contributed by atoms with Gasteiger partial charge in [-0.2, -0.15) is 0 Å². The lowest BCUT2D eigenvalue weighted by Crippen LogP contribution is -2.48. The van der Waals surface area contributed by atoms with Crippen LogP contribution in [0.2, 0.25) is 0 Å². The minimum Gasteiger partial charge on any atom is -0.508 e. The first kappa shape index (κ1) is 14.9. The number of benzene rings is 1. The Hall–Kier alpha value is -1.55. The molecule has 2 atom stereocenters. The molecule has 1 unspecified atom stereocenters. The Morgan fingerprint density at radius 3 is 2.80 bits per heavy atom. The molecular formula is C16H24N2O2. The highest BCUT2D eigenvalue weighted by Crippen LogP contribution is 2.20. The summed E-state index contributed by atoms with van der Waals surface area (Å²) < 4.78 is 0. The van der Waals surface area contributed by atoms with E-state index in [0.29, 0.717) is 12.3 Å². The van der Waals surface area contributed by atoms with Gasteiger partial charge in [0, 0.05) is 13.1 Å². The summed E-state index contributed by atoms with van der Waals surface area (Å²) in [4.78, 5) is 14.3. The molecular weight excluding hydrogens is 252 g/mol. The zero-order valence-electron chi connectivity index (χ0n) is 12.1. The van der Waals surface area contributed by atoms with Crippen LogP contribution in [0.1, 0.15) is 31.7 Å². The van der Waals surface area contributed by atoms with Crippen molar-refractivity contribution in [1.82, 2.24) is 4.90 Å². The summed E-state index contributed by atoms with van der Waals surface area (Å²) in [7, 11) is 0. The van der Waals surface area contributed by atoms with E-state index < -0.39 is 6.04 Å². The first-order valence-corrected chi connectivity index (χ1v) is 7.42. The van der Waals surface area contributed by atoms with E-state index in [4.69, 9.17) is 5.73 Å². The second-order valence-corrected chi connectivity index (χ2v) is 5.68. The number of hydrogen-bond acceptors (Lipinski definition) is 3. The molecule has 1 aliphatic heterocycles. The zero-order chi connectivity index (χ0) is 14.5. The van der Waals surface area contributed by atoms with E-state index in [1.54, 1.807) is 12.1 Å². The summed E-state index contributed by atoms with van der Waals surface area (Å²) in [6.45, 7) is 3.85. The monoisotopic (exact) mass is 276 g/mol. The molecule has 4 nitrogen and oxygen atoms in total. The largest absolute Gasteiger partial charge is 0.508 e. The third kappa shape index (κ3) is 3.73. The fourth-order valence-electron chi connectivity index (χ4n) is 2.81. The zero-order valence-corrected chi connectivity index (χ0v) is 12.1. The molecule has 0 aromatic heterocycles. The van der Waals surface area contributed by atoms with E-state index in [-0.39, 0.29) is 11.7 Å². The van der Waals surface area contributed by atoms with Crippen molar-refractivity contribution in [2.75, 3.05) is 13.1 Å². The third-order valence-corrected chi connectivity index (χ3v) is 4.12. The van der Waals surface area contributed by atoms with Crippen LogP contribution in [0, 0.1) is 5.92 Å². The van der Waals surface area contributed by atoms with Gasteiger partial charge in [0.05, 0.1) is 6.04 Å². The SMILES string of the molecule is CCC1CCCN(C(=O)[C@@H](N)Cc2ccc(O)cc2)C1. The number of carbonyl (C=O) groups is 1. The number of amides is 1. The van der Waals surface area contributed by atoms with E-state index in [1.807, 2.05) is 17.0 Å². The van der Waals surface area contributed by atoms with Gasteiger partial charge < -0.3 is 15.7 Å². The van der Waals surface area contributed by atoms with Crippen molar-refractivity contribution in [2.24, 2.45) is 11.7 Å². The predicted octanol–water partition coefficient (Wildman–Crippen LogP) is 1.91. The summed E-state index contributed by atoms with van der Waals surface area (Å²) >= 11 is 0. The molecule has 1 aromatic carbocycles. The molecule has 0 saturated carbocycles. The molecule has 1 aromatic rings. The molecule has 1 fully saturated rings. The second kappa shape index (κ2) is 6.75. The van der Waals surface area contributed by atoms with Gasteiger partial charge in [-0.15, -0.1) is 0 Å². The number of likely N-dealkylation sites (tertiary alicyclic amines) is 1. The first-order chi connectivity index (χ1) is 9.60. The second-order valence-electron chi connectivity index (χ2n) is 5.68. The highest BCUT2D eigenvalue weighted by molar-refractivity contribution is 5.82. The first-order valence-electron chi connectivity index (χ1n) is 7.42. The average Bonchev–Trinajstić information content (AvgIpc) is 2.48. The van der Waals surface area contributed by atoms with Crippen LogP contribution < -0.4 is 5.73 Å². The number of hydrogen-bond donors (Lipinski definition) is 2. The lowest BCUT2D eigenvalue weighted by Gasteiger charge is -2.34. The number of aromatic hydroxyl groups is 1. The van der Waals surface area contributed by atoms with E-state index >= 15 is 0 Å². The van der Waals surface area contributed by atoms with Crippen LogP contribution in [-0.2, 0) is 11.2 Å². The Morgan fingerprint density at radius 1 is 1.45 bits per heavy atom. The molecule has 3 N–H and O–H groups in total. The molecule has 0 bridgehead atoms. The Kier molecular flexibility index (Phi) is 5.01. The fourth-order valence-corrected chi connectivity index (χ4v) is 2.81. The fraction of sp³-hybridized carbons (Fsp3) is 0.562. The summed E-state index contributed by atoms with van der Waals surface area (Å²) in [6.07, 6.45) is 3.94. The molecule has 1 amide bonds. The van der Waals surface area contributed by atoms with Crippen LogP contribution in [0.15, 0.2) is 24.3 Å². The molecule has 20 heavy (non-hydrogen) atoms. The standard InChI is InChI=1S/C16H24N2O2/c1-2-12-4-3-9-18(11-12)16(20)15(17)10-13-5-7-14(19)8-6-13/h5-8,12,15,19H,2-4,9-11,17H2,1H3/t12?,15-/m0/s1. The Balaban J connectivity index is 1.92. The van der Waals surface area contributed by atoms with Crippen LogP contribution in [0.25, 0.3) is 0 Å². The van der Waals surface area contributed by atoms with Crippen molar-refractivity contribution in [1.29, 1.82) is 0 Å². The van der Waals surface area contributed by atoms with Crippen molar-refractivity contribution in [3.63, 3.8) is 0 Å². The molecule has 1 aliphatic rings. The molecule has 110 valence electrons. The number of phenolic OH excluding ortho intramolecular Hbond substituents is 1. The van der Waals surface area contributed by atoms with E-state index in [9.17, 15) is 9.90 Å². The van der Waals surface area contributed by atoms with Crippen molar-refractivity contribution < 1.29 is 9.90 Å². The maximum Gasteiger partial charge on any atom is 0.239 e. The molecule has 0 spiro atoms. The summed E-state index contributed by atoms with van der Waals surface area (Å²) in [5, 5.41) is 9.25. The van der Waals surface area contributed by atoms with Crippen LogP contribution in [-0.4, -0.2) is 35.0 Å². The maximum absolute atomic E-state index is 12.4. The van der Waals surface area contributed by atoms with E-state index in [1.165, 1.54) is 6.42 Å². The summed E-state index contributed by atoms with van der Waals surface area (Å²) in [6, 6.07) is 6.39. The van der Waals surface area contributed by atoms with Gasteiger partial charge >= 0.3 is 0 Å². The summed E-state index contributed by atoms with van der Waals surface area (Å²) in [5.74, 6) is 0.903. The van der Waals surface area contributed by atoms with Gasteiger partial charge in [-0.3, -0.25) is 4.79 Å². The minimum atomic E-state index is -0.491. The quantitative estimate of drug-likeness (QED) is 0.883. The van der Waals surface area contributed by atoms with Crippen LogP contribution in [0.3, 0.4) is 0 Å². The summed E-state index contributed by atoms with van der Waals surface area (Å²) in [5.41, 5.74) is 7.03. The van der Waals surface area contributed by atoms with Gasteiger partial charge in [-0.25, -0.2) is 0 Å². The smallest absolute Gasteiger partial charge is 0.239 e. The van der Waals surface area contributed by atoms with Crippen molar-refractivity contribution >= 4 is 5.91 Å². The van der Waals surface area contributed by atoms with Crippen LogP contribution in [0.4, 0.5) is 0 Å². The molecule has 0 radical (unpaired) electrons. The molecule has 2 rings (SSSR count). The number of nitrogens with two attached hydrogens (primary N) is 1. The Labute approximate surface area is 120 Å². The number of phenols is 1. The van der Waals surface area contributed by atoms with E-state index in [2.05, 4.69) is 6.92 Å². The van der Waals surface area contributed by atoms with Crippen molar-refractivity contribution in [2.45, 2.75) is 38.6 Å². The van der Waals surface area contributed by atoms with Crippen molar-refractivity contribution in [3.8, 4) is 5.75 Å². The minimum absolute atomic E-state index is 0.0521. The maximum atomic E-state index is 12.4. The van der Waals surface area contributed by atoms with Gasteiger partial charge in [-0.1, -0.05) is 25.5 Å². The normalized spacial score (nSPS) is 20.7. The Morgan fingerprint density at radius 2 is 2.15 bits per heavy atom. The highest BCUT2D eigenvalue weighted by Gasteiger charge is 2.26. The lowest BCUT2D eigenvalue weighted by molar-refractivity contribution is -0.134. The number of carbonyl (C=O) groups excluding carboxylic acids is 1. The van der Waals surface area contributed by atoms with Gasteiger partial charge in [0.1, 0.15) is 5.75 Å². The molecule has 1 heterocycles. The van der Waals surface area contributed by atoms with Gasteiger partial charge in [0.15, 0.2) is 0 Å². The van der Waals surface area contributed by atoms with Gasteiger partial charge in [0.25, 0.3) is 0 Å². The van der Waals surface area contributed by atoms with Gasteiger partial charge in [-0.05, 0) is 42.9 Å². The average molecular weight is 276 g/mol. The highest BCUT2D eigenvalue weighted by atomic mass is 16.3. The third-order valence-electron chi connectivity index (χ3n) is 4.12. The van der Waals surface area contributed by atoms with E-state index in [0.717, 1.165) is 31.5 Å².